The van der Waals surface area contributed by atoms with Gasteiger partial charge in [0.1, 0.15) is 5.75 Å². The Labute approximate surface area is 121 Å². The van der Waals surface area contributed by atoms with Gasteiger partial charge in [-0.1, -0.05) is 37.8 Å². The first-order valence-electron chi connectivity index (χ1n) is 7.46. The topological polar surface area (TPSA) is 29.5 Å². The van der Waals surface area contributed by atoms with Gasteiger partial charge in [0.15, 0.2) is 5.78 Å². The molecule has 0 aliphatic heterocycles. The van der Waals surface area contributed by atoms with Crippen LogP contribution >= 0.6 is 0 Å². The second-order valence-corrected chi connectivity index (χ2v) is 5.90. The Balaban J connectivity index is 2.35. The molecule has 1 aliphatic carbocycles. The van der Waals surface area contributed by atoms with Crippen molar-refractivity contribution in [1.29, 1.82) is 0 Å². The molecule has 0 radical (unpaired) electrons. The van der Waals surface area contributed by atoms with E-state index < -0.39 is 0 Å². The van der Waals surface area contributed by atoms with Crippen molar-refractivity contribution in [3.05, 3.63) is 29.8 Å². The Kier molecular flexibility index (Phi) is 4.81. The molecule has 0 bridgehead atoms. The maximum absolute atomic E-state index is 13.1. The molecule has 0 spiro atoms. The molecule has 3 heteroatoms. The van der Waals surface area contributed by atoms with Gasteiger partial charge in [-0.15, -0.1) is 0 Å². The first-order valence-corrected chi connectivity index (χ1v) is 7.46. The summed E-state index contributed by atoms with van der Waals surface area (Å²) in [5.74, 6) is 0.988. The first-order chi connectivity index (χ1) is 9.60. The van der Waals surface area contributed by atoms with E-state index in [1.165, 1.54) is 12.8 Å². The van der Waals surface area contributed by atoms with Gasteiger partial charge < -0.3 is 4.74 Å². The van der Waals surface area contributed by atoms with E-state index in [1.54, 1.807) is 7.11 Å². The molecule has 20 heavy (non-hydrogen) atoms. The van der Waals surface area contributed by atoms with Crippen molar-refractivity contribution in [3.8, 4) is 5.75 Å². The largest absolute Gasteiger partial charge is 0.497 e. The predicted molar refractivity (Wildman–Crippen MR) is 81.4 cm³/mol. The monoisotopic (exact) mass is 275 g/mol. The van der Waals surface area contributed by atoms with Crippen molar-refractivity contribution in [2.45, 2.75) is 44.1 Å². The van der Waals surface area contributed by atoms with E-state index in [0.29, 0.717) is 0 Å². The first kappa shape index (κ1) is 15.0. The fourth-order valence-electron chi connectivity index (χ4n) is 3.22. The van der Waals surface area contributed by atoms with Gasteiger partial charge in [-0.3, -0.25) is 9.69 Å². The summed E-state index contributed by atoms with van der Waals surface area (Å²) in [5.41, 5.74) is 0.419. The number of hydrogen-bond acceptors (Lipinski definition) is 3. The van der Waals surface area contributed by atoms with Crippen LogP contribution in [0.5, 0.6) is 5.75 Å². The highest BCUT2D eigenvalue weighted by Gasteiger charge is 2.40. The summed E-state index contributed by atoms with van der Waals surface area (Å²) in [4.78, 5) is 15.2. The van der Waals surface area contributed by atoms with Crippen LogP contribution < -0.4 is 4.74 Å². The van der Waals surface area contributed by atoms with Crippen LogP contribution in [0.4, 0.5) is 0 Å². The lowest BCUT2D eigenvalue weighted by Gasteiger charge is -2.38. The van der Waals surface area contributed by atoms with Gasteiger partial charge in [0.05, 0.1) is 12.6 Å². The van der Waals surface area contributed by atoms with Gasteiger partial charge in [-0.2, -0.15) is 0 Å². The molecule has 1 aromatic rings. The van der Waals surface area contributed by atoms with Crippen molar-refractivity contribution >= 4 is 5.78 Å². The molecule has 0 aromatic heterocycles. The molecule has 1 fully saturated rings. The van der Waals surface area contributed by atoms with E-state index in [2.05, 4.69) is 4.90 Å². The second kappa shape index (κ2) is 6.40. The third-order valence-electron chi connectivity index (χ3n) is 4.54. The normalized spacial score (nSPS) is 18.6. The third-order valence-corrected chi connectivity index (χ3v) is 4.54. The van der Waals surface area contributed by atoms with E-state index in [4.69, 9.17) is 4.74 Å². The average Bonchev–Trinajstić information content (AvgIpc) is 2.73. The lowest BCUT2D eigenvalue weighted by Crippen LogP contribution is -2.50. The highest BCUT2D eigenvalue weighted by Crippen LogP contribution is 2.34. The van der Waals surface area contributed by atoms with Crippen molar-refractivity contribution in [3.63, 3.8) is 0 Å². The quantitative estimate of drug-likeness (QED) is 0.622. The molecular formula is C17H25NO2. The molecule has 0 atom stereocenters. The Morgan fingerprint density at radius 2 is 1.80 bits per heavy atom. The minimum absolute atomic E-state index is 0.239. The summed E-state index contributed by atoms with van der Waals surface area (Å²) >= 11 is 0. The number of nitrogens with zero attached hydrogens (tertiary/aromatic N) is 1. The molecule has 1 aliphatic rings. The van der Waals surface area contributed by atoms with Crippen LogP contribution in [0.15, 0.2) is 24.3 Å². The van der Waals surface area contributed by atoms with Crippen LogP contribution in [0, 0.1) is 0 Å². The molecular weight excluding hydrogens is 250 g/mol. The summed E-state index contributed by atoms with van der Waals surface area (Å²) in [5, 5.41) is 0. The minimum Gasteiger partial charge on any atom is -0.497 e. The van der Waals surface area contributed by atoms with E-state index in [9.17, 15) is 4.79 Å². The van der Waals surface area contributed by atoms with E-state index in [-0.39, 0.29) is 11.3 Å². The zero-order valence-electron chi connectivity index (χ0n) is 12.8. The lowest BCUT2D eigenvalue weighted by molar-refractivity contribution is 0.0634. The number of Topliss-reactive ketones (excluding diaryl/α,β-unsaturated/α-hetero) is 1. The Bertz CT molecular complexity index is 460. The van der Waals surface area contributed by atoms with Crippen LogP contribution in [-0.4, -0.2) is 37.4 Å². The third kappa shape index (κ3) is 2.88. The van der Waals surface area contributed by atoms with Crippen LogP contribution in [0.25, 0.3) is 0 Å². The number of ketones is 1. The molecule has 0 saturated heterocycles. The molecule has 2 rings (SSSR count). The lowest BCUT2D eigenvalue weighted by atomic mass is 9.81. The summed E-state index contributed by atoms with van der Waals surface area (Å²) in [7, 11) is 5.70. The van der Waals surface area contributed by atoms with Crippen LogP contribution in [0.1, 0.15) is 48.9 Å². The number of carbonyl (C=O) groups excluding carboxylic acids is 1. The molecule has 3 nitrogen and oxygen atoms in total. The Morgan fingerprint density at radius 1 is 1.15 bits per heavy atom. The second-order valence-electron chi connectivity index (χ2n) is 5.90. The number of hydrogen-bond donors (Lipinski definition) is 0. The average molecular weight is 275 g/mol. The van der Waals surface area contributed by atoms with Crippen molar-refractivity contribution < 1.29 is 9.53 Å². The zero-order valence-corrected chi connectivity index (χ0v) is 12.8. The number of methoxy groups -OCH3 is 1. The van der Waals surface area contributed by atoms with E-state index >= 15 is 0 Å². The molecule has 0 unspecified atom stereocenters. The summed E-state index contributed by atoms with van der Waals surface area (Å²) in [6.07, 6.45) is 6.65. The van der Waals surface area contributed by atoms with Crippen LogP contribution in [-0.2, 0) is 0 Å². The summed E-state index contributed by atoms with van der Waals surface area (Å²) in [6.45, 7) is 0. The van der Waals surface area contributed by atoms with Gasteiger partial charge in [-0.05, 0) is 39.1 Å². The fraction of sp³-hybridized carbons (Fsp3) is 0.588. The Morgan fingerprint density at radius 3 is 2.35 bits per heavy atom. The number of likely N-dealkylation sites (N-methyl/N-ethyl adjacent to an activating group) is 1. The number of benzene rings is 1. The molecule has 1 saturated carbocycles. The van der Waals surface area contributed by atoms with Gasteiger partial charge in [0.25, 0.3) is 0 Å². The van der Waals surface area contributed by atoms with Crippen molar-refractivity contribution in [2.24, 2.45) is 0 Å². The van der Waals surface area contributed by atoms with Gasteiger partial charge >= 0.3 is 0 Å². The number of carbonyl (C=O) groups is 1. The van der Waals surface area contributed by atoms with Crippen LogP contribution in [0.2, 0.25) is 0 Å². The standard InChI is InChI=1S/C17H25NO2/c1-18(2)17(11-6-4-5-7-12-17)16(19)14-9-8-10-15(13-14)20-3/h8-10,13H,4-7,11-12H2,1-3H3. The SMILES string of the molecule is COc1cccc(C(=O)C2(N(C)C)CCCCCC2)c1. The van der Waals surface area contributed by atoms with Gasteiger partial charge in [-0.25, -0.2) is 0 Å². The molecule has 1 aromatic carbocycles. The number of rotatable bonds is 4. The zero-order chi connectivity index (χ0) is 14.6. The predicted octanol–water partition coefficient (Wildman–Crippen LogP) is 3.53. The summed E-state index contributed by atoms with van der Waals surface area (Å²) < 4.78 is 5.24. The van der Waals surface area contributed by atoms with E-state index in [1.807, 2.05) is 38.4 Å². The molecule has 110 valence electrons. The van der Waals surface area contributed by atoms with E-state index in [0.717, 1.165) is 37.0 Å². The maximum Gasteiger partial charge on any atom is 0.183 e. The minimum atomic E-state index is -0.344. The smallest absolute Gasteiger partial charge is 0.183 e. The molecule has 0 amide bonds. The van der Waals surface area contributed by atoms with Crippen LogP contribution in [0.3, 0.4) is 0 Å². The molecule has 0 heterocycles. The fourth-order valence-corrected chi connectivity index (χ4v) is 3.22. The number of ether oxygens (including phenoxy) is 1. The summed E-state index contributed by atoms with van der Waals surface area (Å²) in [6, 6.07) is 7.54. The maximum atomic E-state index is 13.1. The van der Waals surface area contributed by atoms with Gasteiger partial charge in [0, 0.05) is 5.56 Å². The highest BCUT2D eigenvalue weighted by atomic mass is 16.5. The van der Waals surface area contributed by atoms with Gasteiger partial charge in [0.2, 0.25) is 0 Å². The Hall–Kier alpha value is -1.35. The van der Waals surface area contributed by atoms with Crippen molar-refractivity contribution in [1.82, 2.24) is 4.90 Å². The molecule has 0 N–H and O–H groups in total. The highest BCUT2D eigenvalue weighted by molar-refractivity contribution is 6.03. The van der Waals surface area contributed by atoms with Crippen molar-refractivity contribution in [2.75, 3.05) is 21.2 Å².